The molecule has 1 amide bonds. The molecule has 0 bridgehead atoms. The zero-order valence-electron chi connectivity index (χ0n) is 11.6. The SMILES string of the molecule is CC(CN1CC2CCCCN2CC1C)C(=O)NN. The van der Waals surface area contributed by atoms with E-state index in [-0.39, 0.29) is 11.8 Å². The molecular weight excluding hydrogens is 228 g/mol. The first kappa shape index (κ1) is 13.8. The summed E-state index contributed by atoms with van der Waals surface area (Å²) >= 11 is 0. The van der Waals surface area contributed by atoms with Crippen LogP contribution in [0, 0.1) is 5.92 Å². The number of carbonyl (C=O) groups excluding carboxylic acids is 1. The number of hydrogen-bond donors (Lipinski definition) is 2. The summed E-state index contributed by atoms with van der Waals surface area (Å²) in [5.74, 6) is 5.10. The van der Waals surface area contributed by atoms with Gasteiger partial charge >= 0.3 is 0 Å². The normalized spacial score (nSPS) is 31.7. The van der Waals surface area contributed by atoms with Crippen LogP contribution in [0.15, 0.2) is 0 Å². The zero-order valence-corrected chi connectivity index (χ0v) is 11.6. The Morgan fingerprint density at radius 1 is 1.44 bits per heavy atom. The first-order chi connectivity index (χ1) is 8.61. The molecule has 3 N–H and O–H groups in total. The number of nitrogens with two attached hydrogens (primary N) is 1. The number of nitrogens with one attached hydrogen (secondary N) is 1. The van der Waals surface area contributed by atoms with Gasteiger partial charge in [0.2, 0.25) is 5.91 Å². The van der Waals surface area contributed by atoms with Crippen LogP contribution in [0.2, 0.25) is 0 Å². The number of hydrogen-bond acceptors (Lipinski definition) is 4. The molecule has 0 saturated carbocycles. The lowest BCUT2D eigenvalue weighted by molar-refractivity contribution is -0.125. The Labute approximate surface area is 110 Å². The molecule has 5 heteroatoms. The van der Waals surface area contributed by atoms with Gasteiger partial charge in [0, 0.05) is 37.6 Å². The number of piperidine rings is 1. The van der Waals surface area contributed by atoms with Gasteiger partial charge in [0.15, 0.2) is 0 Å². The molecule has 2 heterocycles. The van der Waals surface area contributed by atoms with Gasteiger partial charge in [-0.25, -0.2) is 5.84 Å². The minimum absolute atomic E-state index is 0.0346. The topological polar surface area (TPSA) is 61.6 Å². The summed E-state index contributed by atoms with van der Waals surface area (Å²) in [6.45, 7) is 8.52. The second-order valence-electron chi connectivity index (χ2n) is 5.86. The van der Waals surface area contributed by atoms with E-state index in [1.165, 1.54) is 25.8 Å². The van der Waals surface area contributed by atoms with E-state index in [4.69, 9.17) is 5.84 Å². The molecule has 3 unspecified atom stereocenters. The molecule has 0 spiro atoms. The maximum Gasteiger partial charge on any atom is 0.237 e. The van der Waals surface area contributed by atoms with E-state index in [1.807, 2.05) is 6.92 Å². The van der Waals surface area contributed by atoms with Crippen molar-refractivity contribution in [1.82, 2.24) is 15.2 Å². The van der Waals surface area contributed by atoms with Gasteiger partial charge in [-0.2, -0.15) is 0 Å². The van der Waals surface area contributed by atoms with Crippen molar-refractivity contribution in [1.29, 1.82) is 0 Å². The standard InChI is InChI=1S/C13H26N4O/c1-10(13(18)15-14)7-17-9-12-5-3-4-6-16(12)8-11(17)2/h10-12H,3-9,14H2,1-2H3,(H,15,18). The lowest BCUT2D eigenvalue weighted by Gasteiger charge is -2.48. The summed E-state index contributed by atoms with van der Waals surface area (Å²) < 4.78 is 0. The highest BCUT2D eigenvalue weighted by atomic mass is 16.2. The number of rotatable bonds is 3. The van der Waals surface area contributed by atoms with Crippen molar-refractivity contribution in [2.75, 3.05) is 26.2 Å². The van der Waals surface area contributed by atoms with Gasteiger partial charge in [-0.1, -0.05) is 13.3 Å². The van der Waals surface area contributed by atoms with Crippen LogP contribution in [0.3, 0.4) is 0 Å². The molecule has 0 aromatic rings. The molecule has 18 heavy (non-hydrogen) atoms. The van der Waals surface area contributed by atoms with E-state index in [2.05, 4.69) is 22.1 Å². The lowest BCUT2D eigenvalue weighted by Crippen LogP contribution is -2.59. The third kappa shape index (κ3) is 3.02. The van der Waals surface area contributed by atoms with E-state index >= 15 is 0 Å². The summed E-state index contributed by atoms with van der Waals surface area (Å²) in [5.41, 5.74) is 2.25. The van der Waals surface area contributed by atoms with Gasteiger partial charge in [-0.05, 0) is 26.3 Å². The molecule has 0 aliphatic carbocycles. The maximum absolute atomic E-state index is 11.5. The highest BCUT2D eigenvalue weighted by molar-refractivity contribution is 5.77. The molecule has 0 aromatic heterocycles. The second kappa shape index (κ2) is 5.99. The fraction of sp³-hybridized carbons (Fsp3) is 0.923. The fourth-order valence-corrected chi connectivity index (χ4v) is 3.24. The van der Waals surface area contributed by atoms with Gasteiger partial charge in [0.05, 0.1) is 0 Å². The molecule has 2 fully saturated rings. The first-order valence-electron chi connectivity index (χ1n) is 7.10. The Hall–Kier alpha value is -0.650. The highest BCUT2D eigenvalue weighted by Crippen LogP contribution is 2.24. The van der Waals surface area contributed by atoms with Crippen molar-refractivity contribution in [2.24, 2.45) is 11.8 Å². The van der Waals surface area contributed by atoms with E-state index in [0.29, 0.717) is 12.1 Å². The average Bonchev–Trinajstić information content (AvgIpc) is 2.38. The molecule has 104 valence electrons. The van der Waals surface area contributed by atoms with Crippen LogP contribution in [0.25, 0.3) is 0 Å². The molecule has 2 rings (SSSR count). The van der Waals surface area contributed by atoms with Crippen molar-refractivity contribution >= 4 is 5.91 Å². The number of amides is 1. The van der Waals surface area contributed by atoms with Crippen LogP contribution in [0.1, 0.15) is 33.1 Å². The van der Waals surface area contributed by atoms with Crippen LogP contribution >= 0.6 is 0 Å². The highest BCUT2D eigenvalue weighted by Gasteiger charge is 2.33. The minimum atomic E-state index is -0.0618. The molecule has 0 radical (unpaired) electrons. The van der Waals surface area contributed by atoms with E-state index in [9.17, 15) is 4.79 Å². The van der Waals surface area contributed by atoms with E-state index in [1.54, 1.807) is 0 Å². The summed E-state index contributed by atoms with van der Waals surface area (Å²) in [6, 6.07) is 1.23. The minimum Gasteiger partial charge on any atom is -0.298 e. The van der Waals surface area contributed by atoms with Gasteiger partial charge in [0.25, 0.3) is 0 Å². The van der Waals surface area contributed by atoms with Gasteiger partial charge < -0.3 is 0 Å². The zero-order chi connectivity index (χ0) is 13.1. The van der Waals surface area contributed by atoms with Crippen LogP contribution in [-0.4, -0.2) is 54.0 Å². The van der Waals surface area contributed by atoms with Crippen molar-refractivity contribution < 1.29 is 4.79 Å². The predicted octanol–water partition coefficient (Wildman–Crippen LogP) is 0.171. The van der Waals surface area contributed by atoms with Crippen LogP contribution in [0.4, 0.5) is 0 Å². The number of carbonyl (C=O) groups is 1. The fourth-order valence-electron chi connectivity index (χ4n) is 3.24. The molecule has 0 aromatic carbocycles. The monoisotopic (exact) mass is 254 g/mol. The number of nitrogens with zero attached hydrogens (tertiary/aromatic N) is 2. The van der Waals surface area contributed by atoms with Crippen molar-refractivity contribution in [2.45, 2.75) is 45.2 Å². The molecule has 2 saturated heterocycles. The molecule has 5 nitrogen and oxygen atoms in total. The third-order valence-corrected chi connectivity index (χ3v) is 4.41. The van der Waals surface area contributed by atoms with Crippen molar-refractivity contribution in [3.63, 3.8) is 0 Å². The van der Waals surface area contributed by atoms with Crippen LogP contribution in [0.5, 0.6) is 0 Å². The Morgan fingerprint density at radius 3 is 2.94 bits per heavy atom. The summed E-state index contributed by atoms with van der Waals surface area (Å²) in [5, 5.41) is 0. The molecule has 2 aliphatic heterocycles. The van der Waals surface area contributed by atoms with Crippen LogP contribution < -0.4 is 11.3 Å². The van der Waals surface area contributed by atoms with E-state index in [0.717, 1.165) is 19.6 Å². The second-order valence-corrected chi connectivity index (χ2v) is 5.86. The van der Waals surface area contributed by atoms with Gasteiger partial charge in [-0.3, -0.25) is 20.0 Å². The Bertz CT molecular complexity index is 297. The third-order valence-electron chi connectivity index (χ3n) is 4.41. The van der Waals surface area contributed by atoms with Gasteiger partial charge in [-0.15, -0.1) is 0 Å². The summed E-state index contributed by atoms with van der Waals surface area (Å²) in [4.78, 5) is 16.6. The first-order valence-corrected chi connectivity index (χ1v) is 7.10. The Kier molecular flexibility index (Phi) is 4.59. The molecule has 2 aliphatic rings. The largest absolute Gasteiger partial charge is 0.298 e. The summed E-state index contributed by atoms with van der Waals surface area (Å²) in [7, 11) is 0. The quantitative estimate of drug-likeness (QED) is 0.428. The van der Waals surface area contributed by atoms with Crippen molar-refractivity contribution in [3.05, 3.63) is 0 Å². The van der Waals surface area contributed by atoms with Crippen LogP contribution in [-0.2, 0) is 4.79 Å². The summed E-state index contributed by atoms with van der Waals surface area (Å²) in [6.07, 6.45) is 4.00. The molecular formula is C13H26N4O. The van der Waals surface area contributed by atoms with Crippen molar-refractivity contribution in [3.8, 4) is 0 Å². The maximum atomic E-state index is 11.5. The predicted molar refractivity (Wildman–Crippen MR) is 71.7 cm³/mol. The Balaban J connectivity index is 1.90. The Morgan fingerprint density at radius 2 is 2.22 bits per heavy atom. The smallest absolute Gasteiger partial charge is 0.237 e. The number of piperazine rings is 1. The average molecular weight is 254 g/mol. The molecule has 3 atom stereocenters. The lowest BCUT2D eigenvalue weighted by atomic mass is 9.96. The van der Waals surface area contributed by atoms with E-state index < -0.39 is 0 Å². The number of hydrazine groups is 1. The van der Waals surface area contributed by atoms with Gasteiger partial charge in [0.1, 0.15) is 0 Å². The number of fused-ring (bicyclic) bond motifs is 1.